The number of rotatable bonds is 2. The Kier molecular flexibility index (Phi) is 5.21. The minimum absolute atomic E-state index is 0.145. The maximum atomic E-state index is 12.2. The van der Waals surface area contributed by atoms with E-state index in [0.29, 0.717) is 12.1 Å². The van der Waals surface area contributed by atoms with Crippen LogP contribution in [-0.2, 0) is 9.53 Å². The molecule has 0 amide bonds. The first-order chi connectivity index (χ1) is 14.0. The minimum atomic E-state index is -0.425. The summed E-state index contributed by atoms with van der Waals surface area (Å²) < 4.78 is 7.04. The van der Waals surface area contributed by atoms with Crippen molar-refractivity contribution in [3.05, 3.63) is 40.4 Å². The summed E-state index contributed by atoms with van der Waals surface area (Å²) in [6.45, 7) is 8.60. The lowest BCUT2D eigenvalue weighted by Gasteiger charge is -2.44. The lowest BCUT2D eigenvalue weighted by molar-refractivity contribution is -0.151. The molecule has 1 aromatic rings. The molecule has 0 aliphatic carbocycles. The van der Waals surface area contributed by atoms with Crippen molar-refractivity contribution in [2.45, 2.75) is 50.3 Å². The predicted molar refractivity (Wildman–Crippen MR) is 118 cm³/mol. The Balaban J connectivity index is 1.32. The number of fused-ring (bicyclic) bond motifs is 3. The Morgan fingerprint density at radius 2 is 1.79 bits per heavy atom. The van der Waals surface area contributed by atoms with E-state index in [4.69, 9.17) is 4.74 Å². The summed E-state index contributed by atoms with van der Waals surface area (Å²) in [5, 5.41) is 0. The van der Waals surface area contributed by atoms with Crippen molar-refractivity contribution in [3.63, 3.8) is 0 Å². The van der Waals surface area contributed by atoms with Gasteiger partial charge in [0.1, 0.15) is 5.60 Å². The lowest BCUT2D eigenvalue weighted by Crippen LogP contribution is -2.56. The van der Waals surface area contributed by atoms with Gasteiger partial charge >= 0.3 is 5.97 Å². The second-order valence-electron chi connectivity index (χ2n) is 9.06. The van der Waals surface area contributed by atoms with E-state index in [1.807, 2.05) is 0 Å². The molecule has 4 aliphatic heterocycles. The van der Waals surface area contributed by atoms with Crippen LogP contribution in [0.25, 0.3) is 0 Å². The summed E-state index contributed by atoms with van der Waals surface area (Å²) in [4.78, 5) is 19.9. The van der Waals surface area contributed by atoms with Gasteiger partial charge in [0.15, 0.2) is 0 Å². The van der Waals surface area contributed by atoms with Crippen LogP contribution in [-0.4, -0.2) is 72.7 Å². The molecule has 156 valence electrons. The fourth-order valence-corrected chi connectivity index (χ4v) is 6.06. The van der Waals surface area contributed by atoms with Gasteiger partial charge in [0.25, 0.3) is 0 Å². The number of piperidine rings is 1. The molecular weight excluding hydrogens is 430 g/mol. The molecule has 6 heteroatoms. The first-order valence-electron chi connectivity index (χ1n) is 11.0. The number of piperazine rings is 1. The molecule has 0 aromatic heterocycles. The summed E-state index contributed by atoms with van der Waals surface area (Å²) in [6.07, 6.45) is 6.36. The molecule has 29 heavy (non-hydrogen) atoms. The Hall–Kier alpha value is -1.37. The van der Waals surface area contributed by atoms with Gasteiger partial charge in [-0.3, -0.25) is 9.80 Å². The van der Waals surface area contributed by atoms with Crippen LogP contribution in [0.15, 0.2) is 40.4 Å². The molecule has 0 bridgehead atoms. The summed E-state index contributed by atoms with van der Waals surface area (Å²) >= 11 is 3.53. The fourth-order valence-electron chi connectivity index (χ4n) is 5.80. The van der Waals surface area contributed by atoms with Gasteiger partial charge in [-0.2, -0.15) is 0 Å². The zero-order valence-corrected chi connectivity index (χ0v) is 18.7. The van der Waals surface area contributed by atoms with E-state index >= 15 is 0 Å². The summed E-state index contributed by atoms with van der Waals surface area (Å²) in [6, 6.07) is 9.43. The maximum absolute atomic E-state index is 12.2. The van der Waals surface area contributed by atoms with Crippen molar-refractivity contribution in [1.82, 2.24) is 9.80 Å². The highest BCUT2D eigenvalue weighted by Gasteiger charge is 2.51. The van der Waals surface area contributed by atoms with Crippen molar-refractivity contribution >= 4 is 27.6 Å². The Labute approximate surface area is 181 Å². The zero-order valence-electron chi connectivity index (χ0n) is 17.1. The summed E-state index contributed by atoms with van der Waals surface area (Å²) in [5.41, 5.74) is 2.10. The van der Waals surface area contributed by atoms with Gasteiger partial charge in [-0.05, 0) is 62.6 Å². The Bertz CT molecular complexity index is 803. The van der Waals surface area contributed by atoms with E-state index < -0.39 is 5.60 Å². The lowest BCUT2D eigenvalue weighted by atomic mass is 9.82. The number of halogens is 1. The van der Waals surface area contributed by atoms with E-state index in [1.165, 1.54) is 24.1 Å². The molecular formula is C23H30BrN3O2. The third-order valence-electron chi connectivity index (χ3n) is 7.42. The van der Waals surface area contributed by atoms with Crippen molar-refractivity contribution in [2.24, 2.45) is 0 Å². The highest BCUT2D eigenvalue weighted by Crippen LogP contribution is 2.43. The number of ether oxygens (including phenoxy) is 1. The van der Waals surface area contributed by atoms with Crippen LogP contribution < -0.4 is 4.90 Å². The highest BCUT2D eigenvalue weighted by atomic mass is 79.9. The average molecular weight is 460 g/mol. The molecule has 0 saturated carbocycles. The van der Waals surface area contributed by atoms with Gasteiger partial charge in [-0.15, -0.1) is 0 Å². The molecule has 5 rings (SSSR count). The molecule has 0 radical (unpaired) electrons. The normalized spacial score (nSPS) is 33.5. The number of hydrogen-bond acceptors (Lipinski definition) is 5. The molecule has 1 unspecified atom stereocenters. The van der Waals surface area contributed by atoms with E-state index in [9.17, 15) is 4.79 Å². The SMILES string of the molecule is C[C@]12OC(=O)C=C1CC(N1CCN(c3ccc(Br)cc3)CC1)CN1CCCC[C@@H]12. The maximum Gasteiger partial charge on any atom is 0.331 e. The molecule has 4 aliphatic rings. The zero-order chi connectivity index (χ0) is 20.0. The number of hydrogen-bond donors (Lipinski definition) is 0. The second-order valence-corrected chi connectivity index (χ2v) is 9.98. The van der Waals surface area contributed by atoms with E-state index in [1.54, 1.807) is 6.08 Å². The van der Waals surface area contributed by atoms with Crippen LogP contribution >= 0.6 is 15.9 Å². The molecule has 3 fully saturated rings. The molecule has 3 saturated heterocycles. The third kappa shape index (κ3) is 3.64. The van der Waals surface area contributed by atoms with Gasteiger partial charge in [0.2, 0.25) is 0 Å². The van der Waals surface area contributed by atoms with Gasteiger partial charge in [-0.1, -0.05) is 22.4 Å². The van der Waals surface area contributed by atoms with Crippen molar-refractivity contribution in [2.75, 3.05) is 44.2 Å². The average Bonchev–Trinajstić information content (AvgIpc) is 2.96. The Morgan fingerprint density at radius 3 is 2.55 bits per heavy atom. The first-order valence-corrected chi connectivity index (χ1v) is 11.7. The van der Waals surface area contributed by atoms with Gasteiger partial charge < -0.3 is 9.64 Å². The van der Waals surface area contributed by atoms with Crippen LogP contribution in [0.5, 0.6) is 0 Å². The number of benzene rings is 1. The van der Waals surface area contributed by atoms with Gasteiger partial charge in [0, 0.05) is 55.0 Å². The third-order valence-corrected chi connectivity index (χ3v) is 7.94. The van der Waals surface area contributed by atoms with Crippen LogP contribution in [0.4, 0.5) is 5.69 Å². The molecule has 1 aromatic carbocycles. The monoisotopic (exact) mass is 459 g/mol. The topological polar surface area (TPSA) is 36.0 Å². The predicted octanol–water partition coefficient (Wildman–Crippen LogP) is 3.44. The first kappa shape index (κ1) is 19.6. The molecule has 0 spiro atoms. The molecule has 4 heterocycles. The fraction of sp³-hybridized carbons (Fsp3) is 0.609. The van der Waals surface area contributed by atoms with Gasteiger partial charge in [0.05, 0.1) is 6.04 Å². The smallest absolute Gasteiger partial charge is 0.331 e. The van der Waals surface area contributed by atoms with Gasteiger partial charge in [-0.25, -0.2) is 4.79 Å². The van der Waals surface area contributed by atoms with E-state index in [0.717, 1.165) is 56.6 Å². The van der Waals surface area contributed by atoms with Crippen molar-refractivity contribution in [3.8, 4) is 0 Å². The standard InChI is InChI=1S/C23H30BrN3O2/c1-23-17(15-22(28)29-23)14-20(16-27-9-3-2-4-21(23)27)26-12-10-25(11-13-26)19-7-5-18(24)6-8-19/h5-8,15,20-21H,2-4,9-14,16H2,1H3/t20?,21-,23+/m1/s1. The van der Waals surface area contributed by atoms with E-state index in [-0.39, 0.29) is 5.97 Å². The van der Waals surface area contributed by atoms with Crippen LogP contribution in [0.2, 0.25) is 0 Å². The quantitative estimate of drug-likeness (QED) is 0.633. The number of anilines is 1. The summed E-state index contributed by atoms with van der Waals surface area (Å²) in [7, 11) is 0. The van der Waals surface area contributed by atoms with Crippen LogP contribution in [0.1, 0.15) is 32.6 Å². The highest BCUT2D eigenvalue weighted by molar-refractivity contribution is 9.10. The minimum Gasteiger partial charge on any atom is -0.450 e. The molecule has 3 atom stereocenters. The molecule has 0 N–H and O–H groups in total. The van der Waals surface area contributed by atoms with Crippen LogP contribution in [0, 0.1) is 0 Å². The molecule has 5 nitrogen and oxygen atoms in total. The van der Waals surface area contributed by atoms with Crippen LogP contribution in [0.3, 0.4) is 0 Å². The number of esters is 1. The largest absolute Gasteiger partial charge is 0.450 e. The Morgan fingerprint density at radius 1 is 1.03 bits per heavy atom. The summed E-state index contributed by atoms with van der Waals surface area (Å²) in [5.74, 6) is -0.145. The van der Waals surface area contributed by atoms with Crippen molar-refractivity contribution in [1.29, 1.82) is 0 Å². The van der Waals surface area contributed by atoms with Crippen molar-refractivity contribution < 1.29 is 9.53 Å². The number of carbonyl (C=O) groups excluding carboxylic acids is 1. The number of carbonyl (C=O) groups is 1. The number of nitrogens with zero attached hydrogens (tertiary/aromatic N) is 3. The second kappa shape index (κ2) is 7.71. The van der Waals surface area contributed by atoms with E-state index in [2.05, 4.69) is 61.8 Å².